The molecule has 0 unspecified atom stereocenters. The lowest BCUT2D eigenvalue weighted by Crippen LogP contribution is -2.19. The molecule has 0 aliphatic heterocycles. The first kappa shape index (κ1) is 12.2. The number of carbonyl (C=O) groups excluding carboxylic acids is 1. The fourth-order valence-corrected chi connectivity index (χ4v) is 1.49. The summed E-state index contributed by atoms with van der Waals surface area (Å²) in [6, 6.07) is 7.06. The maximum Gasteiger partial charge on any atom is 0.331 e. The van der Waals surface area contributed by atoms with Crippen LogP contribution in [0.25, 0.3) is 0 Å². The van der Waals surface area contributed by atoms with E-state index in [2.05, 4.69) is 10.3 Å². The van der Waals surface area contributed by atoms with E-state index in [1.54, 1.807) is 18.5 Å². The average molecular weight is 245 g/mol. The molecule has 0 bridgehead atoms. The van der Waals surface area contributed by atoms with Gasteiger partial charge in [0, 0.05) is 12.4 Å². The Hall–Kier alpha value is -2.30. The Balaban J connectivity index is 2.16. The number of para-hydroxylation sites is 2. The van der Waals surface area contributed by atoms with Gasteiger partial charge in [-0.2, -0.15) is 0 Å². The molecular weight excluding hydrogens is 230 g/mol. The van der Waals surface area contributed by atoms with Crippen molar-refractivity contribution >= 4 is 11.7 Å². The van der Waals surface area contributed by atoms with Crippen LogP contribution in [0.5, 0.6) is 5.75 Å². The lowest BCUT2D eigenvalue weighted by molar-refractivity contribution is 0.242. The molecule has 1 heterocycles. The van der Waals surface area contributed by atoms with Crippen LogP contribution in [0.3, 0.4) is 0 Å². The topological polar surface area (TPSA) is 56.1 Å². The Morgan fingerprint density at radius 1 is 1.39 bits per heavy atom. The van der Waals surface area contributed by atoms with E-state index >= 15 is 0 Å². The number of nitrogens with one attached hydrogen (secondary N) is 1. The third-order valence-electron chi connectivity index (χ3n) is 2.23. The summed E-state index contributed by atoms with van der Waals surface area (Å²) in [6.07, 6.45) is 4.63. The first-order valence-corrected chi connectivity index (χ1v) is 5.72. The average Bonchev–Trinajstić information content (AvgIpc) is 2.84. The van der Waals surface area contributed by atoms with Gasteiger partial charge in [0.15, 0.2) is 0 Å². The normalized spacial score (nSPS) is 10.4. The monoisotopic (exact) mass is 245 g/mol. The van der Waals surface area contributed by atoms with Crippen LogP contribution in [-0.4, -0.2) is 21.7 Å². The summed E-state index contributed by atoms with van der Waals surface area (Å²) >= 11 is 0. The SMILES string of the molecule is CC(C)Oc1ccccc1NC(=O)n1ccnc1. The van der Waals surface area contributed by atoms with Gasteiger partial charge in [-0.05, 0) is 26.0 Å². The summed E-state index contributed by atoms with van der Waals surface area (Å²) in [7, 11) is 0. The van der Waals surface area contributed by atoms with Gasteiger partial charge >= 0.3 is 6.03 Å². The molecule has 5 nitrogen and oxygen atoms in total. The van der Waals surface area contributed by atoms with Crippen molar-refractivity contribution in [1.82, 2.24) is 9.55 Å². The fourth-order valence-electron chi connectivity index (χ4n) is 1.49. The van der Waals surface area contributed by atoms with Gasteiger partial charge in [-0.25, -0.2) is 9.78 Å². The van der Waals surface area contributed by atoms with Crippen LogP contribution < -0.4 is 10.1 Å². The molecule has 0 saturated carbocycles. The zero-order valence-electron chi connectivity index (χ0n) is 10.3. The Morgan fingerprint density at radius 3 is 2.83 bits per heavy atom. The largest absolute Gasteiger partial charge is 0.489 e. The van der Waals surface area contributed by atoms with Gasteiger partial charge in [0.2, 0.25) is 0 Å². The molecule has 0 spiro atoms. The highest BCUT2D eigenvalue weighted by Gasteiger charge is 2.09. The maximum absolute atomic E-state index is 11.9. The van der Waals surface area contributed by atoms with E-state index in [0.717, 1.165) is 0 Å². The van der Waals surface area contributed by atoms with Crippen molar-refractivity contribution in [3.05, 3.63) is 43.0 Å². The van der Waals surface area contributed by atoms with Crippen LogP contribution in [0.2, 0.25) is 0 Å². The molecule has 2 rings (SSSR count). The molecular formula is C13H15N3O2. The molecule has 0 aliphatic carbocycles. The smallest absolute Gasteiger partial charge is 0.331 e. The molecule has 1 amide bonds. The van der Waals surface area contributed by atoms with Crippen molar-refractivity contribution in [3.8, 4) is 5.75 Å². The van der Waals surface area contributed by atoms with Crippen LogP contribution in [0.15, 0.2) is 43.0 Å². The number of amides is 1. The predicted octanol–water partition coefficient (Wildman–Crippen LogP) is 2.75. The molecule has 0 saturated heterocycles. The van der Waals surface area contributed by atoms with Crippen LogP contribution in [0.1, 0.15) is 13.8 Å². The highest BCUT2D eigenvalue weighted by molar-refractivity contribution is 5.92. The Bertz CT molecular complexity index is 521. The van der Waals surface area contributed by atoms with Crippen molar-refractivity contribution in [2.45, 2.75) is 20.0 Å². The van der Waals surface area contributed by atoms with E-state index in [-0.39, 0.29) is 12.1 Å². The second kappa shape index (κ2) is 5.35. The molecule has 5 heteroatoms. The predicted molar refractivity (Wildman–Crippen MR) is 68.8 cm³/mol. The number of aromatic nitrogens is 2. The second-order valence-electron chi connectivity index (χ2n) is 4.06. The van der Waals surface area contributed by atoms with Gasteiger partial charge in [0.1, 0.15) is 12.1 Å². The van der Waals surface area contributed by atoms with E-state index in [4.69, 9.17) is 4.74 Å². The number of anilines is 1. The van der Waals surface area contributed by atoms with Crippen molar-refractivity contribution in [2.24, 2.45) is 0 Å². The van der Waals surface area contributed by atoms with E-state index in [1.165, 1.54) is 10.9 Å². The molecule has 0 atom stereocenters. The van der Waals surface area contributed by atoms with Crippen LogP contribution in [-0.2, 0) is 0 Å². The van der Waals surface area contributed by atoms with Crippen LogP contribution in [0.4, 0.5) is 10.5 Å². The summed E-state index contributed by atoms with van der Waals surface area (Å²) in [6.45, 7) is 3.88. The number of ether oxygens (including phenoxy) is 1. The van der Waals surface area contributed by atoms with Gasteiger partial charge in [0.05, 0.1) is 11.8 Å². The number of nitrogens with zero attached hydrogens (tertiary/aromatic N) is 2. The highest BCUT2D eigenvalue weighted by Crippen LogP contribution is 2.24. The van der Waals surface area contributed by atoms with E-state index < -0.39 is 0 Å². The highest BCUT2D eigenvalue weighted by atomic mass is 16.5. The second-order valence-corrected chi connectivity index (χ2v) is 4.06. The zero-order chi connectivity index (χ0) is 13.0. The number of hydrogen-bond donors (Lipinski definition) is 1. The molecule has 1 N–H and O–H groups in total. The molecule has 2 aromatic rings. The van der Waals surface area contributed by atoms with E-state index in [0.29, 0.717) is 11.4 Å². The molecule has 1 aromatic heterocycles. The summed E-state index contributed by atoms with van der Waals surface area (Å²) in [5, 5.41) is 2.78. The minimum atomic E-state index is -0.271. The van der Waals surface area contributed by atoms with Gasteiger partial charge in [-0.15, -0.1) is 0 Å². The first-order chi connectivity index (χ1) is 8.66. The molecule has 0 aliphatic rings. The third-order valence-corrected chi connectivity index (χ3v) is 2.23. The van der Waals surface area contributed by atoms with Crippen molar-refractivity contribution in [3.63, 3.8) is 0 Å². The first-order valence-electron chi connectivity index (χ1n) is 5.72. The van der Waals surface area contributed by atoms with Crippen molar-refractivity contribution in [1.29, 1.82) is 0 Å². The van der Waals surface area contributed by atoms with E-state index in [9.17, 15) is 4.79 Å². The summed E-state index contributed by atoms with van der Waals surface area (Å²) < 4.78 is 6.99. The van der Waals surface area contributed by atoms with E-state index in [1.807, 2.05) is 32.0 Å². The van der Waals surface area contributed by atoms with Gasteiger partial charge in [-0.1, -0.05) is 12.1 Å². The van der Waals surface area contributed by atoms with Crippen LogP contribution >= 0.6 is 0 Å². The number of rotatable bonds is 3. The van der Waals surface area contributed by atoms with Crippen molar-refractivity contribution < 1.29 is 9.53 Å². The number of benzene rings is 1. The molecule has 0 fully saturated rings. The van der Waals surface area contributed by atoms with Gasteiger partial charge < -0.3 is 10.1 Å². The maximum atomic E-state index is 11.9. The molecule has 94 valence electrons. The van der Waals surface area contributed by atoms with Crippen molar-refractivity contribution in [2.75, 3.05) is 5.32 Å². The number of imidazole rings is 1. The minimum absolute atomic E-state index is 0.0521. The lowest BCUT2D eigenvalue weighted by Gasteiger charge is -2.14. The lowest BCUT2D eigenvalue weighted by atomic mass is 10.3. The summed E-state index contributed by atoms with van der Waals surface area (Å²) in [5.74, 6) is 0.654. The minimum Gasteiger partial charge on any atom is -0.489 e. The Labute approximate surface area is 105 Å². The standard InChI is InChI=1S/C13H15N3O2/c1-10(2)18-12-6-4-3-5-11(12)15-13(17)16-8-7-14-9-16/h3-10H,1-2H3,(H,15,17). The van der Waals surface area contributed by atoms with Gasteiger partial charge in [0.25, 0.3) is 0 Å². The number of carbonyl (C=O) groups is 1. The number of hydrogen-bond acceptors (Lipinski definition) is 3. The molecule has 1 aromatic carbocycles. The zero-order valence-corrected chi connectivity index (χ0v) is 10.3. The third kappa shape index (κ3) is 2.88. The Kier molecular flexibility index (Phi) is 3.62. The van der Waals surface area contributed by atoms with Crippen LogP contribution in [0, 0.1) is 0 Å². The molecule has 18 heavy (non-hydrogen) atoms. The summed E-state index contributed by atoms with van der Waals surface area (Å²) in [4.78, 5) is 15.7. The summed E-state index contributed by atoms with van der Waals surface area (Å²) in [5.41, 5.74) is 0.643. The fraction of sp³-hybridized carbons (Fsp3) is 0.231. The Morgan fingerprint density at radius 2 is 2.17 bits per heavy atom. The molecule has 0 radical (unpaired) electrons. The van der Waals surface area contributed by atoms with Gasteiger partial charge in [-0.3, -0.25) is 4.57 Å². The quantitative estimate of drug-likeness (QED) is 0.904.